The fourth-order valence-electron chi connectivity index (χ4n) is 1.37. The van der Waals surface area contributed by atoms with Crippen LogP contribution in [-0.2, 0) is 14.3 Å². The molecule has 0 spiro atoms. The molecule has 20 heavy (non-hydrogen) atoms. The van der Waals surface area contributed by atoms with Crippen molar-refractivity contribution in [2.45, 2.75) is 13.3 Å². The van der Waals surface area contributed by atoms with Crippen LogP contribution in [0.3, 0.4) is 0 Å². The van der Waals surface area contributed by atoms with E-state index in [1.165, 1.54) is 30.0 Å². The maximum Gasteiger partial charge on any atom is 0.315 e. The third kappa shape index (κ3) is 5.92. The SMILES string of the molecule is CCOC(=O)CSCCC(=O)Nc1cc(N)ccc1F. The third-order valence-electron chi connectivity index (χ3n) is 2.26. The first-order chi connectivity index (χ1) is 9.52. The molecule has 0 aliphatic heterocycles. The molecule has 0 aliphatic carbocycles. The Balaban J connectivity index is 2.30. The second-order valence-corrected chi connectivity index (χ2v) is 5.00. The third-order valence-corrected chi connectivity index (χ3v) is 3.20. The van der Waals surface area contributed by atoms with Gasteiger partial charge in [-0.1, -0.05) is 0 Å². The molecule has 0 aliphatic rings. The Bertz CT molecular complexity index is 483. The number of carbonyl (C=O) groups excluding carboxylic acids is 2. The van der Waals surface area contributed by atoms with Gasteiger partial charge in [0.2, 0.25) is 5.91 Å². The van der Waals surface area contributed by atoms with Crippen LogP contribution in [0.4, 0.5) is 15.8 Å². The molecule has 0 saturated heterocycles. The summed E-state index contributed by atoms with van der Waals surface area (Å²) in [7, 11) is 0. The second kappa shape index (κ2) is 8.42. The molecule has 1 rings (SSSR count). The van der Waals surface area contributed by atoms with E-state index < -0.39 is 5.82 Å². The first-order valence-corrected chi connectivity index (χ1v) is 7.26. The summed E-state index contributed by atoms with van der Waals surface area (Å²) in [5, 5.41) is 2.44. The van der Waals surface area contributed by atoms with Gasteiger partial charge in [0, 0.05) is 17.9 Å². The summed E-state index contributed by atoms with van der Waals surface area (Å²) >= 11 is 1.29. The molecule has 0 aromatic heterocycles. The zero-order chi connectivity index (χ0) is 15.0. The number of hydrogen-bond donors (Lipinski definition) is 2. The van der Waals surface area contributed by atoms with Gasteiger partial charge in [-0.25, -0.2) is 4.39 Å². The maximum atomic E-state index is 13.4. The molecule has 1 aromatic carbocycles. The van der Waals surface area contributed by atoms with Gasteiger partial charge < -0.3 is 15.8 Å². The molecule has 0 atom stereocenters. The molecule has 5 nitrogen and oxygen atoms in total. The van der Waals surface area contributed by atoms with Crippen LogP contribution in [0.2, 0.25) is 0 Å². The molecule has 0 heterocycles. The normalized spacial score (nSPS) is 10.1. The molecular weight excluding hydrogens is 283 g/mol. The summed E-state index contributed by atoms with van der Waals surface area (Å²) in [4.78, 5) is 22.7. The van der Waals surface area contributed by atoms with Crippen molar-refractivity contribution in [1.82, 2.24) is 0 Å². The number of nitrogen functional groups attached to an aromatic ring is 1. The zero-order valence-corrected chi connectivity index (χ0v) is 12.0. The van der Waals surface area contributed by atoms with E-state index in [1.54, 1.807) is 6.92 Å². The molecule has 1 aromatic rings. The molecular formula is C13H17FN2O3S. The predicted molar refractivity (Wildman–Crippen MR) is 78.0 cm³/mol. The van der Waals surface area contributed by atoms with E-state index in [0.29, 0.717) is 18.0 Å². The van der Waals surface area contributed by atoms with Crippen molar-refractivity contribution in [2.75, 3.05) is 29.2 Å². The average molecular weight is 300 g/mol. The number of carbonyl (C=O) groups is 2. The van der Waals surface area contributed by atoms with Crippen LogP contribution in [0.15, 0.2) is 18.2 Å². The number of nitrogens with one attached hydrogen (secondary N) is 1. The van der Waals surface area contributed by atoms with Gasteiger partial charge in [0.05, 0.1) is 18.0 Å². The summed E-state index contributed by atoms with van der Waals surface area (Å²) in [6, 6.07) is 3.97. The van der Waals surface area contributed by atoms with Gasteiger partial charge in [-0.2, -0.15) is 0 Å². The van der Waals surface area contributed by atoms with Gasteiger partial charge in [0.15, 0.2) is 0 Å². The van der Waals surface area contributed by atoms with Gasteiger partial charge in [-0.05, 0) is 25.1 Å². The van der Waals surface area contributed by atoms with Crippen molar-refractivity contribution in [2.24, 2.45) is 0 Å². The minimum atomic E-state index is -0.535. The summed E-state index contributed by atoms with van der Waals surface area (Å²) < 4.78 is 18.1. The van der Waals surface area contributed by atoms with Crippen molar-refractivity contribution < 1.29 is 18.7 Å². The largest absolute Gasteiger partial charge is 0.465 e. The molecule has 0 radical (unpaired) electrons. The minimum Gasteiger partial charge on any atom is -0.465 e. The van der Waals surface area contributed by atoms with E-state index >= 15 is 0 Å². The Morgan fingerprint density at radius 2 is 2.20 bits per heavy atom. The van der Waals surface area contributed by atoms with Gasteiger partial charge in [-0.3, -0.25) is 9.59 Å². The van der Waals surface area contributed by atoms with Crippen molar-refractivity contribution in [1.29, 1.82) is 0 Å². The van der Waals surface area contributed by atoms with Crippen LogP contribution in [0, 0.1) is 5.82 Å². The smallest absolute Gasteiger partial charge is 0.315 e. The molecule has 0 saturated carbocycles. The highest BCUT2D eigenvalue weighted by molar-refractivity contribution is 7.99. The van der Waals surface area contributed by atoms with Crippen molar-refractivity contribution in [3.05, 3.63) is 24.0 Å². The molecule has 0 bridgehead atoms. The number of amides is 1. The molecule has 7 heteroatoms. The highest BCUT2D eigenvalue weighted by atomic mass is 32.2. The quantitative estimate of drug-likeness (QED) is 0.457. The Hall–Kier alpha value is -1.76. The van der Waals surface area contributed by atoms with Crippen LogP contribution in [0.1, 0.15) is 13.3 Å². The van der Waals surface area contributed by atoms with Crippen LogP contribution in [0.25, 0.3) is 0 Å². The van der Waals surface area contributed by atoms with E-state index in [4.69, 9.17) is 10.5 Å². The van der Waals surface area contributed by atoms with E-state index in [-0.39, 0.29) is 29.7 Å². The number of nitrogens with two attached hydrogens (primary N) is 1. The number of benzene rings is 1. The van der Waals surface area contributed by atoms with E-state index in [0.717, 1.165) is 0 Å². The van der Waals surface area contributed by atoms with Crippen molar-refractivity contribution in [3.63, 3.8) is 0 Å². The summed E-state index contributed by atoms with van der Waals surface area (Å²) in [5.74, 6) is -0.514. The number of halogens is 1. The summed E-state index contributed by atoms with van der Waals surface area (Å²) in [6.45, 7) is 2.07. The molecule has 0 fully saturated rings. The van der Waals surface area contributed by atoms with Gasteiger partial charge in [0.25, 0.3) is 0 Å². The number of ether oxygens (including phenoxy) is 1. The Kier molecular flexibility index (Phi) is 6.86. The lowest BCUT2D eigenvalue weighted by Crippen LogP contribution is -2.14. The molecule has 0 unspecified atom stereocenters. The topological polar surface area (TPSA) is 81.4 Å². The lowest BCUT2D eigenvalue weighted by atomic mass is 10.2. The van der Waals surface area contributed by atoms with Gasteiger partial charge in [-0.15, -0.1) is 11.8 Å². The fourth-order valence-corrected chi connectivity index (χ4v) is 2.10. The number of esters is 1. The monoisotopic (exact) mass is 300 g/mol. The number of anilines is 2. The molecule has 1 amide bonds. The lowest BCUT2D eigenvalue weighted by molar-refractivity contribution is -0.139. The van der Waals surface area contributed by atoms with E-state index in [2.05, 4.69) is 5.32 Å². The second-order valence-electron chi connectivity index (χ2n) is 3.90. The number of hydrogen-bond acceptors (Lipinski definition) is 5. The van der Waals surface area contributed by atoms with Gasteiger partial charge >= 0.3 is 5.97 Å². The predicted octanol–water partition coefficient (Wildman–Crippen LogP) is 2.03. The molecule has 110 valence electrons. The number of thioether (sulfide) groups is 1. The number of rotatable bonds is 7. The van der Waals surface area contributed by atoms with Crippen molar-refractivity contribution >= 4 is 35.0 Å². The van der Waals surface area contributed by atoms with E-state index in [9.17, 15) is 14.0 Å². The minimum absolute atomic E-state index is 0.0605. The van der Waals surface area contributed by atoms with Crippen LogP contribution >= 0.6 is 11.8 Å². The molecule has 3 N–H and O–H groups in total. The highest BCUT2D eigenvalue weighted by Crippen LogP contribution is 2.17. The van der Waals surface area contributed by atoms with Crippen molar-refractivity contribution in [3.8, 4) is 0 Å². The Labute approximate surface area is 121 Å². The first-order valence-electron chi connectivity index (χ1n) is 6.11. The maximum absolute atomic E-state index is 13.4. The van der Waals surface area contributed by atoms with E-state index in [1.807, 2.05) is 0 Å². The lowest BCUT2D eigenvalue weighted by Gasteiger charge is -2.07. The summed E-state index contributed by atoms with van der Waals surface area (Å²) in [6.07, 6.45) is 0.179. The van der Waals surface area contributed by atoms with Crippen LogP contribution in [0.5, 0.6) is 0 Å². The average Bonchev–Trinajstić information content (AvgIpc) is 2.39. The Morgan fingerprint density at radius 3 is 2.90 bits per heavy atom. The van der Waals surface area contributed by atoms with Gasteiger partial charge in [0.1, 0.15) is 5.82 Å². The highest BCUT2D eigenvalue weighted by Gasteiger charge is 2.08. The first kappa shape index (κ1) is 16.3. The standard InChI is InChI=1S/C13H17FN2O3S/c1-2-19-13(18)8-20-6-5-12(17)16-11-7-9(15)3-4-10(11)14/h3-4,7H,2,5-6,8,15H2,1H3,(H,16,17). The van der Waals surface area contributed by atoms with Crippen LogP contribution < -0.4 is 11.1 Å². The fraction of sp³-hybridized carbons (Fsp3) is 0.385. The summed E-state index contributed by atoms with van der Waals surface area (Å²) in [5.41, 5.74) is 5.95. The zero-order valence-electron chi connectivity index (χ0n) is 11.1. The van der Waals surface area contributed by atoms with Crippen LogP contribution in [-0.4, -0.2) is 30.0 Å². The Morgan fingerprint density at radius 1 is 1.45 bits per heavy atom.